The van der Waals surface area contributed by atoms with E-state index in [1.54, 1.807) is 11.3 Å². The number of rotatable bonds is 5. The molecule has 0 spiro atoms. The Morgan fingerprint density at radius 2 is 2.18 bits per heavy atom. The number of hydrogen-bond donors (Lipinski definition) is 2. The molecule has 1 aromatic heterocycles. The highest BCUT2D eigenvalue weighted by atomic mass is 32.2. The molecule has 2 N–H and O–H groups in total. The normalized spacial score (nSPS) is 18.4. The van der Waals surface area contributed by atoms with Crippen LogP contribution in [0.4, 0.5) is 0 Å². The molecule has 1 aliphatic heterocycles. The van der Waals surface area contributed by atoms with Crippen LogP contribution >= 0.6 is 11.3 Å². The van der Waals surface area contributed by atoms with Crippen LogP contribution in [-0.4, -0.2) is 33.3 Å². The molecule has 0 saturated carbocycles. The van der Waals surface area contributed by atoms with Crippen molar-refractivity contribution in [3.8, 4) is 0 Å². The van der Waals surface area contributed by atoms with Crippen LogP contribution < -0.4 is 10.0 Å². The molecule has 0 amide bonds. The van der Waals surface area contributed by atoms with Gasteiger partial charge < -0.3 is 5.32 Å². The Labute approximate surface area is 106 Å². The number of sulfonamides is 1. The maximum Gasteiger partial charge on any atom is 0.214 e. The molecule has 0 radical (unpaired) electrons. The Hall–Kier alpha value is -0.430. The van der Waals surface area contributed by atoms with Gasteiger partial charge in [-0.25, -0.2) is 13.1 Å². The highest BCUT2D eigenvalue weighted by Crippen LogP contribution is 2.12. The van der Waals surface area contributed by atoms with Gasteiger partial charge in [0.25, 0.3) is 0 Å². The van der Waals surface area contributed by atoms with Gasteiger partial charge in [0.15, 0.2) is 0 Å². The van der Waals surface area contributed by atoms with Gasteiger partial charge in [-0.3, -0.25) is 0 Å². The summed E-state index contributed by atoms with van der Waals surface area (Å²) in [7, 11) is -3.12. The minimum Gasteiger partial charge on any atom is -0.317 e. The first-order valence-corrected chi connectivity index (χ1v) is 8.38. The topological polar surface area (TPSA) is 58.2 Å². The van der Waals surface area contributed by atoms with Gasteiger partial charge in [-0.15, -0.1) is 0 Å². The highest BCUT2D eigenvalue weighted by Gasteiger charge is 2.26. The highest BCUT2D eigenvalue weighted by molar-refractivity contribution is 7.90. The summed E-state index contributed by atoms with van der Waals surface area (Å²) in [4.78, 5) is 0. The van der Waals surface area contributed by atoms with Gasteiger partial charge in [0, 0.05) is 6.54 Å². The largest absolute Gasteiger partial charge is 0.317 e. The molecule has 2 rings (SSSR count). The van der Waals surface area contributed by atoms with Gasteiger partial charge in [0.05, 0.1) is 5.25 Å². The third-order valence-electron chi connectivity index (χ3n) is 3.02. The van der Waals surface area contributed by atoms with E-state index in [-0.39, 0.29) is 5.25 Å². The van der Waals surface area contributed by atoms with Crippen molar-refractivity contribution in [1.29, 1.82) is 0 Å². The second kappa shape index (κ2) is 5.95. The van der Waals surface area contributed by atoms with E-state index < -0.39 is 10.0 Å². The summed E-state index contributed by atoms with van der Waals surface area (Å²) in [5, 5.41) is 7.02. The van der Waals surface area contributed by atoms with Gasteiger partial charge in [-0.1, -0.05) is 0 Å². The van der Waals surface area contributed by atoms with E-state index in [4.69, 9.17) is 0 Å². The van der Waals surface area contributed by atoms with Crippen molar-refractivity contribution in [2.45, 2.75) is 24.5 Å². The fourth-order valence-corrected chi connectivity index (χ4v) is 4.18. The van der Waals surface area contributed by atoms with Crippen LogP contribution in [0.5, 0.6) is 0 Å². The van der Waals surface area contributed by atoms with Crippen molar-refractivity contribution < 1.29 is 8.42 Å². The maximum atomic E-state index is 12.0. The van der Waals surface area contributed by atoms with Crippen LogP contribution in [-0.2, 0) is 16.4 Å². The van der Waals surface area contributed by atoms with Crippen LogP contribution in [0, 0.1) is 0 Å². The molecule has 1 aliphatic rings. The zero-order valence-corrected chi connectivity index (χ0v) is 11.3. The fraction of sp³-hybridized carbons (Fsp3) is 0.636. The molecule has 0 aliphatic carbocycles. The first kappa shape index (κ1) is 13.0. The average Bonchev–Trinajstić information content (AvgIpc) is 2.83. The molecular weight excluding hydrogens is 256 g/mol. The van der Waals surface area contributed by atoms with E-state index in [0.29, 0.717) is 19.4 Å². The van der Waals surface area contributed by atoms with E-state index in [2.05, 4.69) is 15.4 Å². The summed E-state index contributed by atoms with van der Waals surface area (Å²) in [6, 6.07) is 2.03. The Morgan fingerprint density at radius 3 is 2.82 bits per heavy atom. The quantitative estimate of drug-likeness (QED) is 0.841. The van der Waals surface area contributed by atoms with Crippen molar-refractivity contribution in [3.63, 3.8) is 0 Å². The molecule has 1 fully saturated rings. The molecule has 0 aromatic carbocycles. The summed E-state index contributed by atoms with van der Waals surface area (Å²) >= 11 is 1.64. The molecule has 96 valence electrons. The second-order valence-electron chi connectivity index (χ2n) is 4.27. The molecule has 4 nitrogen and oxygen atoms in total. The minimum absolute atomic E-state index is 0.216. The van der Waals surface area contributed by atoms with E-state index >= 15 is 0 Å². The lowest BCUT2D eigenvalue weighted by molar-refractivity contribution is 0.489. The van der Waals surface area contributed by atoms with Gasteiger partial charge >= 0.3 is 0 Å². The SMILES string of the molecule is O=S(=O)(NCCc1ccsc1)C1CCNCC1. The summed E-state index contributed by atoms with van der Waals surface area (Å²) in [5.74, 6) is 0. The standard InChI is InChI=1S/C11H18N2O2S2/c14-17(15,11-2-5-12-6-3-11)13-7-1-10-4-8-16-9-10/h4,8-9,11-13H,1-3,5-7H2. The van der Waals surface area contributed by atoms with Gasteiger partial charge in [0.2, 0.25) is 10.0 Å². The number of nitrogens with one attached hydrogen (secondary N) is 2. The number of thiophene rings is 1. The monoisotopic (exact) mass is 274 g/mol. The molecule has 17 heavy (non-hydrogen) atoms. The Morgan fingerprint density at radius 1 is 1.41 bits per heavy atom. The molecule has 1 aromatic rings. The van der Waals surface area contributed by atoms with E-state index in [9.17, 15) is 8.42 Å². The first-order chi connectivity index (χ1) is 8.18. The third-order valence-corrected chi connectivity index (χ3v) is 5.71. The van der Waals surface area contributed by atoms with Crippen molar-refractivity contribution in [2.24, 2.45) is 0 Å². The van der Waals surface area contributed by atoms with E-state index in [0.717, 1.165) is 19.5 Å². The van der Waals surface area contributed by atoms with Gasteiger partial charge in [0.1, 0.15) is 0 Å². The molecule has 0 unspecified atom stereocenters. The molecule has 2 heterocycles. The van der Waals surface area contributed by atoms with Crippen molar-refractivity contribution in [3.05, 3.63) is 22.4 Å². The lowest BCUT2D eigenvalue weighted by atomic mass is 10.2. The van der Waals surface area contributed by atoms with Crippen molar-refractivity contribution in [1.82, 2.24) is 10.0 Å². The predicted octanol–water partition coefficient (Wildman–Crippen LogP) is 0.962. The lowest BCUT2D eigenvalue weighted by Crippen LogP contribution is -2.42. The van der Waals surface area contributed by atoms with Crippen molar-refractivity contribution >= 4 is 21.4 Å². The Balaban J connectivity index is 1.80. The second-order valence-corrected chi connectivity index (χ2v) is 7.10. The predicted molar refractivity (Wildman–Crippen MR) is 70.8 cm³/mol. The summed E-state index contributed by atoms with van der Waals surface area (Å²) in [6.07, 6.45) is 2.20. The number of piperidine rings is 1. The van der Waals surface area contributed by atoms with Crippen LogP contribution in [0.25, 0.3) is 0 Å². The van der Waals surface area contributed by atoms with E-state index in [1.165, 1.54) is 5.56 Å². The zero-order valence-electron chi connectivity index (χ0n) is 9.69. The van der Waals surface area contributed by atoms with Crippen LogP contribution in [0.2, 0.25) is 0 Å². The summed E-state index contributed by atoms with van der Waals surface area (Å²) in [5.41, 5.74) is 1.20. The summed E-state index contributed by atoms with van der Waals surface area (Å²) < 4.78 is 26.7. The molecule has 0 bridgehead atoms. The Bertz CT molecular complexity index is 422. The fourth-order valence-electron chi connectivity index (χ4n) is 2.00. The molecule has 6 heteroatoms. The molecule has 1 saturated heterocycles. The molecule has 0 atom stereocenters. The zero-order chi connectivity index (χ0) is 12.1. The lowest BCUT2D eigenvalue weighted by Gasteiger charge is -2.22. The van der Waals surface area contributed by atoms with Crippen LogP contribution in [0.15, 0.2) is 16.8 Å². The maximum absolute atomic E-state index is 12.0. The number of hydrogen-bond acceptors (Lipinski definition) is 4. The van der Waals surface area contributed by atoms with Crippen LogP contribution in [0.1, 0.15) is 18.4 Å². The average molecular weight is 274 g/mol. The van der Waals surface area contributed by atoms with Gasteiger partial charge in [-0.05, 0) is 54.7 Å². The third kappa shape index (κ3) is 3.77. The van der Waals surface area contributed by atoms with Crippen molar-refractivity contribution in [2.75, 3.05) is 19.6 Å². The van der Waals surface area contributed by atoms with E-state index in [1.807, 2.05) is 11.4 Å². The summed E-state index contributed by atoms with van der Waals surface area (Å²) in [6.45, 7) is 2.11. The minimum atomic E-state index is -3.12. The molecular formula is C11H18N2O2S2. The Kier molecular flexibility index (Phi) is 4.55. The van der Waals surface area contributed by atoms with Gasteiger partial charge in [-0.2, -0.15) is 11.3 Å². The first-order valence-electron chi connectivity index (χ1n) is 5.89. The smallest absolute Gasteiger partial charge is 0.214 e. The van der Waals surface area contributed by atoms with Crippen LogP contribution in [0.3, 0.4) is 0 Å².